The highest BCUT2D eigenvalue weighted by atomic mass is 32.1. The molecule has 0 fully saturated rings. The van der Waals surface area contributed by atoms with Crippen LogP contribution in [0, 0.1) is 47.3 Å². The first kappa shape index (κ1) is 68.0. The van der Waals surface area contributed by atoms with Crippen molar-refractivity contribution in [3.63, 3.8) is 0 Å². The number of unbranched alkanes of at least 4 members (excludes halogenated alkanes) is 3. The number of benzene rings is 1. The molecular weight excluding hydrogens is 894 g/mol. The van der Waals surface area contributed by atoms with Crippen molar-refractivity contribution >= 4 is 62.7 Å². The third-order valence-corrected chi connectivity index (χ3v) is 17.8. The number of thiocarbonyl (C=S) groups is 2. The first-order chi connectivity index (χ1) is 28.9. The Morgan fingerprint density at radius 2 is 1.06 bits per heavy atom. The van der Waals surface area contributed by atoms with Crippen molar-refractivity contribution in [1.82, 2.24) is 16.0 Å². The topological polar surface area (TPSA) is 144 Å². The maximum Gasteiger partial charge on any atom is 0.503 e. The predicted octanol–water partition coefficient (Wildman–Crippen LogP) is 13.2. The zero-order valence-corrected chi connectivity index (χ0v) is 45.0. The highest BCUT2D eigenvalue weighted by Gasteiger charge is 2.54. The third kappa shape index (κ3) is 25.8. The number of rotatable bonds is 32. The summed E-state index contributed by atoms with van der Waals surface area (Å²) in [7, 11) is -5.94. The predicted molar refractivity (Wildman–Crippen MR) is 291 cm³/mol. The van der Waals surface area contributed by atoms with Gasteiger partial charge in [-0.2, -0.15) is 0 Å². The standard InChI is InChI=1S/C46H90N5O7PS2Si.3CH4/c1-32(2)36(9)38(11)40(13)46(15,41(14)39(12)37(10)33(3)4)58-62(56-34(5)6,57-35(7)8)31-29-47-26-21-28-49-45(61)51-43-24-22-42(23-25-43)50-44(60)48-27-19-17-18-20-30-55-59(52,53)54-16;;;/h22-25,32-41,47H,17-21,26-31H2,1-16H3,(H,52,53)(H2,48,50,60)(H2,49,51,61);3*1H4. The minimum absolute atomic E-state index is 0. The molecule has 6 N–H and O–H groups in total. The molecule has 0 spiro atoms. The fraction of sp³-hybridized carbons (Fsp3) is 0.837. The maximum atomic E-state index is 11.3. The van der Waals surface area contributed by atoms with Crippen LogP contribution in [0.1, 0.15) is 158 Å². The average Bonchev–Trinajstić information content (AvgIpc) is 3.19. The maximum absolute atomic E-state index is 11.3. The molecule has 7 unspecified atom stereocenters. The molecule has 16 heteroatoms. The van der Waals surface area contributed by atoms with E-state index in [1.54, 1.807) is 0 Å². The molecule has 1 aromatic carbocycles. The minimum atomic E-state index is -3.89. The van der Waals surface area contributed by atoms with E-state index in [1.807, 2.05) is 24.3 Å². The molecule has 0 aliphatic carbocycles. The summed E-state index contributed by atoms with van der Waals surface area (Å²) in [5.41, 5.74) is 1.29. The van der Waals surface area contributed by atoms with E-state index >= 15 is 0 Å². The van der Waals surface area contributed by atoms with Gasteiger partial charge < -0.3 is 44.8 Å². The van der Waals surface area contributed by atoms with Gasteiger partial charge in [0.25, 0.3) is 0 Å². The molecule has 1 aromatic rings. The molecule has 12 nitrogen and oxygen atoms in total. The van der Waals surface area contributed by atoms with Gasteiger partial charge in [0.05, 0.1) is 12.2 Å². The molecule has 0 radical (unpaired) electrons. The van der Waals surface area contributed by atoms with Crippen molar-refractivity contribution < 1.29 is 31.8 Å². The first-order valence-corrected chi connectivity index (χ1v) is 27.6. The van der Waals surface area contributed by atoms with Gasteiger partial charge in [-0.15, -0.1) is 0 Å². The highest BCUT2D eigenvalue weighted by Crippen LogP contribution is 2.47. The second kappa shape index (κ2) is 34.1. The first-order valence-electron chi connectivity index (χ1n) is 23.4. The van der Waals surface area contributed by atoms with E-state index in [2.05, 4.69) is 135 Å². The molecule has 0 saturated heterocycles. The summed E-state index contributed by atoms with van der Waals surface area (Å²) >= 11 is 11.1. The van der Waals surface area contributed by atoms with Gasteiger partial charge in [-0.25, -0.2) is 4.57 Å². The highest BCUT2D eigenvalue weighted by molar-refractivity contribution is 7.80. The van der Waals surface area contributed by atoms with E-state index in [-0.39, 0.29) is 52.9 Å². The number of anilines is 2. The smallest absolute Gasteiger partial charge is 0.371 e. The van der Waals surface area contributed by atoms with E-state index < -0.39 is 22.2 Å². The Hall–Kier alpha value is -1.23. The normalized spacial score (nSPS) is 16.4. The van der Waals surface area contributed by atoms with Crippen LogP contribution in [-0.2, 0) is 26.9 Å². The number of hydrogen-bond acceptors (Lipinski definition) is 9. The van der Waals surface area contributed by atoms with Crippen LogP contribution in [0.5, 0.6) is 0 Å². The van der Waals surface area contributed by atoms with Gasteiger partial charge in [0.1, 0.15) is 0 Å². The molecule has 7 atom stereocenters. The number of phosphoric ester groups is 1. The van der Waals surface area contributed by atoms with Crippen molar-refractivity contribution in [2.24, 2.45) is 47.3 Å². The zero-order valence-electron chi connectivity index (χ0n) is 41.5. The minimum Gasteiger partial charge on any atom is -0.371 e. The number of hydrogen-bond donors (Lipinski definition) is 6. The summed E-state index contributed by atoms with van der Waals surface area (Å²) in [5, 5.41) is 17.8. The summed E-state index contributed by atoms with van der Waals surface area (Å²) < 4.78 is 42.0. The van der Waals surface area contributed by atoms with Crippen molar-refractivity contribution in [1.29, 1.82) is 0 Å². The molecule has 0 aliphatic rings. The van der Waals surface area contributed by atoms with E-state index in [1.165, 1.54) is 0 Å². The van der Waals surface area contributed by atoms with Crippen LogP contribution in [0.15, 0.2) is 24.3 Å². The van der Waals surface area contributed by atoms with Crippen molar-refractivity contribution in [2.45, 2.75) is 182 Å². The van der Waals surface area contributed by atoms with Gasteiger partial charge in [-0.05, 0) is 163 Å². The molecule has 0 amide bonds. The van der Waals surface area contributed by atoms with E-state index in [0.29, 0.717) is 58.2 Å². The summed E-state index contributed by atoms with van der Waals surface area (Å²) in [6, 6.07) is 8.50. The molecule has 0 bridgehead atoms. The van der Waals surface area contributed by atoms with E-state index in [0.717, 1.165) is 70.3 Å². The third-order valence-electron chi connectivity index (χ3n) is 13.0. The van der Waals surface area contributed by atoms with Gasteiger partial charge in [-0.3, -0.25) is 9.05 Å². The number of nitrogens with one attached hydrogen (secondary N) is 5. The lowest BCUT2D eigenvalue weighted by Crippen LogP contribution is -2.61. The van der Waals surface area contributed by atoms with E-state index in [4.69, 9.17) is 42.2 Å². The summed E-state index contributed by atoms with van der Waals surface area (Å²) in [6.45, 7) is 37.7. The molecule has 0 aliphatic heterocycles. The molecule has 1 rings (SSSR count). The van der Waals surface area contributed by atoms with Gasteiger partial charge in [-0.1, -0.05) is 104 Å². The molecular formula is C49H102N5O7PS2Si. The van der Waals surface area contributed by atoms with Gasteiger partial charge in [0.15, 0.2) is 10.2 Å². The Labute approximate surface area is 412 Å². The summed E-state index contributed by atoms with van der Waals surface area (Å²) in [6.07, 6.45) is 4.24. The van der Waals surface area contributed by atoms with Crippen molar-refractivity contribution in [2.75, 3.05) is 50.5 Å². The summed E-state index contributed by atoms with van der Waals surface area (Å²) in [5.74, 6) is 3.71. The van der Waals surface area contributed by atoms with Crippen molar-refractivity contribution in [3.8, 4) is 0 Å². The molecule has 65 heavy (non-hydrogen) atoms. The second-order valence-electron chi connectivity index (χ2n) is 18.9. The molecule has 0 saturated carbocycles. The van der Waals surface area contributed by atoms with Gasteiger partial charge in [0, 0.05) is 49.8 Å². The Balaban J connectivity index is -0.0000128. The quantitative estimate of drug-likeness (QED) is 0.0176. The second-order valence-corrected chi connectivity index (χ2v) is 23.8. The van der Waals surface area contributed by atoms with Crippen molar-refractivity contribution in [3.05, 3.63) is 24.3 Å². The van der Waals surface area contributed by atoms with Crippen LogP contribution >= 0.6 is 32.3 Å². The SMILES string of the molecule is C.C.C.COP(=O)(O)OCCCCCCNC(=S)Nc1ccc(NC(=S)NCCCNCC[Si](OC(C)C)(OC(C)C)OC(C)(C(C)C(C)C(C)C(C)C)C(C)C(C)C(C)C(C)C)cc1. The lowest BCUT2D eigenvalue weighted by molar-refractivity contribution is -0.125. The van der Waals surface area contributed by atoms with E-state index in [9.17, 15) is 9.46 Å². The van der Waals surface area contributed by atoms with Gasteiger partial charge in [0.2, 0.25) is 0 Å². The van der Waals surface area contributed by atoms with Crippen LogP contribution in [0.3, 0.4) is 0 Å². The Morgan fingerprint density at radius 1 is 0.646 bits per heavy atom. The monoisotopic (exact) mass is 996 g/mol. The lowest BCUT2D eigenvalue weighted by atomic mass is 9.64. The fourth-order valence-electron chi connectivity index (χ4n) is 7.85. The molecule has 0 heterocycles. The van der Waals surface area contributed by atoms with Crippen LogP contribution in [0.4, 0.5) is 11.4 Å². The average molecular weight is 997 g/mol. The Morgan fingerprint density at radius 3 is 1.46 bits per heavy atom. The van der Waals surface area contributed by atoms with Crippen LogP contribution in [0.2, 0.25) is 6.04 Å². The Bertz CT molecular complexity index is 1430. The lowest BCUT2D eigenvalue weighted by Gasteiger charge is -2.52. The largest absolute Gasteiger partial charge is 0.503 e. The Kier molecular flexibility index (Phi) is 35.7. The molecule has 0 aromatic heterocycles. The number of phosphoric acid groups is 1. The van der Waals surface area contributed by atoms with Crippen LogP contribution < -0.4 is 26.6 Å². The van der Waals surface area contributed by atoms with Crippen LogP contribution in [0.25, 0.3) is 0 Å². The van der Waals surface area contributed by atoms with Gasteiger partial charge >= 0.3 is 16.6 Å². The summed E-state index contributed by atoms with van der Waals surface area (Å²) in [4.78, 5) is 9.26. The molecule has 386 valence electrons. The fourth-order valence-corrected chi connectivity index (χ4v) is 12.2. The zero-order chi connectivity index (χ0) is 47.3. The van der Waals surface area contributed by atoms with Crippen LogP contribution in [-0.4, -0.2) is 81.6 Å².